The molecule has 1 aliphatic rings. The molecule has 1 unspecified atom stereocenters. The molecule has 25 heavy (non-hydrogen) atoms. The summed E-state index contributed by atoms with van der Waals surface area (Å²) in [5.41, 5.74) is 2.06. The van der Waals surface area contributed by atoms with Crippen LogP contribution >= 0.6 is 0 Å². The lowest BCUT2D eigenvalue weighted by Crippen LogP contribution is -2.44. The molecule has 1 aromatic carbocycles. The number of benzene rings is 1. The van der Waals surface area contributed by atoms with Crippen LogP contribution in [0.4, 0.5) is 5.95 Å². The molecule has 1 N–H and O–H groups in total. The van der Waals surface area contributed by atoms with E-state index in [9.17, 15) is 9.59 Å². The third-order valence-electron chi connectivity index (χ3n) is 4.60. The molecule has 0 saturated carbocycles. The van der Waals surface area contributed by atoms with E-state index >= 15 is 0 Å². The number of anilines is 1. The molecule has 2 aromatic rings. The monoisotopic (exact) mass is 339 g/mol. The van der Waals surface area contributed by atoms with Gasteiger partial charge in [-0.25, -0.2) is 4.98 Å². The summed E-state index contributed by atoms with van der Waals surface area (Å²) in [6.45, 7) is 5.13. The Kier molecular flexibility index (Phi) is 4.70. The maximum Gasteiger partial charge on any atom is 0.249 e. The Hall–Kier alpha value is -2.88. The zero-order valence-electron chi connectivity index (χ0n) is 14.5. The lowest BCUT2D eigenvalue weighted by Gasteiger charge is -2.25. The van der Waals surface area contributed by atoms with Crippen molar-refractivity contribution >= 4 is 28.8 Å². The van der Waals surface area contributed by atoms with Gasteiger partial charge in [0.1, 0.15) is 6.04 Å². The summed E-state index contributed by atoms with van der Waals surface area (Å²) in [6.07, 6.45) is 1.86. The minimum absolute atomic E-state index is 0.0321. The van der Waals surface area contributed by atoms with Crippen molar-refractivity contribution in [1.29, 1.82) is 5.26 Å². The highest BCUT2D eigenvalue weighted by Crippen LogP contribution is 2.22. The van der Waals surface area contributed by atoms with Crippen LogP contribution in [0.15, 0.2) is 18.2 Å². The number of carbonyl (C=O) groups is 2. The summed E-state index contributed by atoms with van der Waals surface area (Å²) in [6, 6.07) is 6.90. The number of fused-ring (bicyclic) bond motifs is 1. The zero-order valence-corrected chi connectivity index (χ0v) is 14.5. The number of aryl methyl sites for hydroxylation is 1. The van der Waals surface area contributed by atoms with Gasteiger partial charge in [0.15, 0.2) is 0 Å². The molecule has 1 atom stereocenters. The normalized spacial score (nSPS) is 15.4. The first-order valence-corrected chi connectivity index (χ1v) is 8.59. The number of likely N-dealkylation sites (tertiary alicyclic amines) is 1. The van der Waals surface area contributed by atoms with Gasteiger partial charge in [0.05, 0.1) is 22.7 Å². The highest BCUT2D eigenvalue weighted by Gasteiger charge is 2.32. The molecule has 2 amide bonds. The van der Waals surface area contributed by atoms with Crippen LogP contribution in [-0.2, 0) is 16.1 Å². The summed E-state index contributed by atoms with van der Waals surface area (Å²) >= 11 is 0. The molecule has 0 radical (unpaired) electrons. The van der Waals surface area contributed by atoms with E-state index in [1.807, 2.05) is 24.5 Å². The molecule has 7 nitrogen and oxygen atoms in total. The number of nitrogens with one attached hydrogen (secondary N) is 1. The minimum atomic E-state index is -0.477. The van der Waals surface area contributed by atoms with Crippen molar-refractivity contribution < 1.29 is 9.59 Å². The van der Waals surface area contributed by atoms with E-state index in [-0.39, 0.29) is 11.8 Å². The van der Waals surface area contributed by atoms with Gasteiger partial charge in [0.25, 0.3) is 0 Å². The van der Waals surface area contributed by atoms with Gasteiger partial charge in [-0.15, -0.1) is 0 Å². The summed E-state index contributed by atoms with van der Waals surface area (Å²) < 4.78 is 1.90. The molecule has 1 aromatic heterocycles. The van der Waals surface area contributed by atoms with Crippen LogP contribution < -0.4 is 5.32 Å². The lowest BCUT2D eigenvalue weighted by molar-refractivity contribution is -0.135. The number of aromatic nitrogens is 2. The number of amides is 2. The third-order valence-corrected chi connectivity index (χ3v) is 4.60. The summed E-state index contributed by atoms with van der Waals surface area (Å²) in [7, 11) is 0. The Balaban J connectivity index is 1.89. The Bertz CT molecular complexity index is 864. The van der Waals surface area contributed by atoms with E-state index in [2.05, 4.69) is 16.4 Å². The van der Waals surface area contributed by atoms with Gasteiger partial charge in [-0.05, 0) is 38.0 Å². The summed E-state index contributed by atoms with van der Waals surface area (Å²) in [5, 5.41) is 11.9. The van der Waals surface area contributed by atoms with Crippen LogP contribution in [0, 0.1) is 11.3 Å². The molecule has 7 heteroatoms. The van der Waals surface area contributed by atoms with E-state index in [0.717, 1.165) is 11.9 Å². The van der Waals surface area contributed by atoms with Gasteiger partial charge in [0, 0.05) is 19.5 Å². The first kappa shape index (κ1) is 17.0. The average molecular weight is 339 g/mol. The predicted molar refractivity (Wildman–Crippen MR) is 93.8 cm³/mol. The van der Waals surface area contributed by atoms with Gasteiger partial charge < -0.3 is 9.47 Å². The lowest BCUT2D eigenvalue weighted by atomic mass is 10.2. The van der Waals surface area contributed by atoms with Gasteiger partial charge >= 0.3 is 0 Å². The third kappa shape index (κ3) is 3.07. The second kappa shape index (κ2) is 6.93. The molecular formula is C18H21N5O2. The second-order valence-corrected chi connectivity index (χ2v) is 6.10. The molecule has 3 rings (SSSR count). The maximum absolute atomic E-state index is 12.7. The van der Waals surface area contributed by atoms with Crippen molar-refractivity contribution in [2.75, 3.05) is 11.9 Å². The van der Waals surface area contributed by atoms with E-state index in [1.165, 1.54) is 0 Å². The van der Waals surface area contributed by atoms with E-state index in [0.29, 0.717) is 43.0 Å². The van der Waals surface area contributed by atoms with Crippen molar-refractivity contribution in [2.45, 2.75) is 45.7 Å². The van der Waals surface area contributed by atoms with E-state index < -0.39 is 6.04 Å². The van der Waals surface area contributed by atoms with Crippen molar-refractivity contribution in [3.8, 4) is 6.07 Å². The Morgan fingerprint density at radius 3 is 2.84 bits per heavy atom. The maximum atomic E-state index is 12.7. The first-order chi connectivity index (χ1) is 12.1. The zero-order chi connectivity index (χ0) is 18.0. The average Bonchev–Trinajstić information content (AvgIpc) is 3.18. The van der Waals surface area contributed by atoms with Gasteiger partial charge in [-0.1, -0.05) is 6.92 Å². The van der Waals surface area contributed by atoms with Gasteiger partial charge in [0.2, 0.25) is 17.8 Å². The van der Waals surface area contributed by atoms with Crippen molar-refractivity contribution in [3.63, 3.8) is 0 Å². The number of nitrogens with zero attached hydrogens (tertiary/aromatic N) is 4. The number of imidazole rings is 1. The number of rotatable bonds is 5. The molecule has 0 bridgehead atoms. The molecular weight excluding hydrogens is 318 g/mol. The molecule has 2 heterocycles. The van der Waals surface area contributed by atoms with Crippen LogP contribution in [0.25, 0.3) is 11.0 Å². The Labute approximate surface area is 146 Å². The van der Waals surface area contributed by atoms with Crippen molar-refractivity contribution in [1.82, 2.24) is 14.5 Å². The SMILES string of the molecule is CCC(C(=O)Nc1nc2cc(C#N)ccc2n1CC)N1CCCC1=O. The molecule has 1 saturated heterocycles. The van der Waals surface area contributed by atoms with Gasteiger partial charge in [-0.2, -0.15) is 5.26 Å². The topological polar surface area (TPSA) is 91.0 Å². The predicted octanol–water partition coefficient (Wildman–Crippen LogP) is 2.27. The van der Waals surface area contributed by atoms with Crippen LogP contribution in [-0.4, -0.2) is 38.9 Å². The molecule has 1 aliphatic heterocycles. The first-order valence-electron chi connectivity index (χ1n) is 8.59. The molecule has 130 valence electrons. The summed E-state index contributed by atoms with van der Waals surface area (Å²) in [5.74, 6) is 0.260. The van der Waals surface area contributed by atoms with Crippen LogP contribution in [0.2, 0.25) is 0 Å². The molecule has 0 spiro atoms. The minimum Gasteiger partial charge on any atom is -0.331 e. The number of hydrogen-bond donors (Lipinski definition) is 1. The molecule has 1 fully saturated rings. The number of nitriles is 1. The van der Waals surface area contributed by atoms with E-state index in [4.69, 9.17) is 5.26 Å². The Morgan fingerprint density at radius 2 is 2.24 bits per heavy atom. The number of carbonyl (C=O) groups excluding carboxylic acids is 2. The summed E-state index contributed by atoms with van der Waals surface area (Å²) in [4.78, 5) is 30.8. The Morgan fingerprint density at radius 1 is 1.44 bits per heavy atom. The van der Waals surface area contributed by atoms with Crippen molar-refractivity contribution in [3.05, 3.63) is 23.8 Å². The van der Waals surface area contributed by atoms with Gasteiger partial charge in [-0.3, -0.25) is 14.9 Å². The largest absolute Gasteiger partial charge is 0.331 e. The second-order valence-electron chi connectivity index (χ2n) is 6.10. The smallest absolute Gasteiger partial charge is 0.249 e. The van der Waals surface area contributed by atoms with Crippen LogP contribution in [0.3, 0.4) is 0 Å². The quantitative estimate of drug-likeness (QED) is 0.904. The van der Waals surface area contributed by atoms with E-state index in [1.54, 1.807) is 17.0 Å². The standard InChI is InChI=1S/C18H21N5O2/c1-3-14(23-9-5-6-16(23)24)17(25)21-18-20-13-10-12(11-19)7-8-15(13)22(18)4-2/h7-8,10,14H,3-6,9H2,1-2H3,(H,20,21,25). The number of hydrogen-bond acceptors (Lipinski definition) is 4. The fraction of sp³-hybridized carbons (Fsp3) is 0.444. The molecule has 0 aliphatic carbocycles. The van der Waals surface area contributed by atoms with Crippen molar-refractivity contribution in [2.24, 2.45) is 0 Å². The van der Waals surface area contributed by atoms with Crippen LogP contribution in [0.5, 0.6) is 0 Å². The highest BCUT2D eigenvalue weighted by atomic mass is 16.2. The highest BCUT2D eigenvalue weighted by molar-refractivity contribution is 5.97. The van der Waals surface area contributed by atoms with Crippen LogP contribution in [0.1, 0.15) is 38.7 Å². The fourth-order valence-electron chi connectivity index (χ4n) is 3.35. The fourth-order valence-corrected chi connectivity index (χ4v) is 3.35.